The molecule has 0 unspecified atom stereocenters. The lowest BCUT2D eigenvalue weighted by Gasteiger charge is -2.09. The first-order chi connectivity index (χ1) is 7.19. The highest BCUT2D eigenvalue weighted by Crippen LogP contribution is 2.25. The SMILES string of the molecule is CCc1ccc(CCC#N)c(C(F)F)c1. The fraction of sp³-hybridized carbons (Fsp3) is 0.417. The number of alkyl halides is 2. The number of nitriles is 1. The fourth-order valence-corrected chi connectivity index (χ4v) is 1.49. The van der Waals surface area contributed by atoms with Gasteiger partial charge in [-0.05, 0) is 30.0 Å². The minimum Gasteiger partial charge on any atom is -0.205 e. The first kappa shape index (κ1) is 11.6. The Kier molecular flexibility index (Phi) is 4.23. The van der Waals surface area contributed by atoms with Crippen molar-refractivity contribution in [1.82, 2.24) is 0 Å². The maximum atomic E-state index is 12.7. The zero-order valence-corrected chi connectivity index (χ0v) is 8.63. The number of hydrogen-bond acceptors (Lipinski definition) is 1. The fourth-order valence-electron chi connectivity index (χ4n) is 1.49. The van der Waals surface area contributed by atoms with Gasteiger partial charge in [-0.2, -0.15) is 5.26 Å². The summed E-state index contributed by atoms with van der Waals surface area (Å²) < 4.78 is 25.4. The highest BCUT2D eigenvalue weighted by molar-refractivity contribution is 5.33. The molecule has 0 N–H and O–H groups in total. The second kappa shape index (κ2) is 5.45. The number of aryl methyl sites for hydroxylation is 2. The summed E-state index contributed by atoms with van der Waals surface area (Å²) in [5.74, 6) is 0. The van der Waals surface area contributed by atoms with Crippen LogP contribution >= 0.6 is 0 Å². The van der Waals surface area contributed by atoms with Gasteiger partial charge in [-0.1, -0.05) is 19.1 Å². The van der Waals surface area contributed by atoms with Crippen molar-refractivity contribution in [2.75, 3.05) is 0 Å². The van der Waals surface area contributed by atoms with Gasteiger partial charge in [-0.25, -0.2) is 8.78 Å². The molecular weight excluding hydrogens is 196 g/mol. The minimum atomic E-state index is -2.45. The molecule has 1 aromatic carbocycles. The van der Waals surface area contributed by atoms with E-state index in [1.807, 2.05) is 19.1 Å². The maximum Gasteiger partial charge on any atom is 0.264 e. The molecule has 0 saturated heterocycles. The van der Waals surface area contributed by atoms with E-state index in [2.05, 4.69) is 0 Å². The molecule has 1 rings (SSSR count). The molecule has 0 aromatic heterocycles. The summed E-state index contributed by atoms with van der Waals surface area (Å²) >= 11 is 0. The molecule has 0 atom stereocenters. The Hall–Kier alpha value is -1.43. The summed E-state index contributed by atoms with van der Waals surface area (Å²) in [6.07, 6.45) is -1.02. The van der Waals surface area contributed by atoms with Crippen molar-refractivity contribution in [2.24, 2.45) is 0 Å². The first-order valence-electron chi connectivity index (χ1n) is 4.95. The highest BCUT2D eigenvalue weighted by Gasteiger charge is 2.12. The lowest BCUT2D eigenvalue weighted by atomic mass is 9.99. The van der Waals surface area contributed by atoms with Gasteiger partial charge < -0.3 is 0 Å². The van der Waals surface area contributed by atoms with Crippen LogP contribution in [-0.2, 0) is 12.8 Å². The minimum absolute atomic E-state index is 0.0737. The van der Waals surface area contributed by atoms with Gasteiger partial charge in [0.2, 0.25) is 0 Å². The first-order valence-corrected chi connectivity index (χ1v) is 4.95. The van der Waals surface area contributed by atoms with Gasteiger partial charge in [0.15, 0.2) is 0 Å². The van der Waals surface area contributed by atoms with E-state index in [1.54, 1.807) is 6.07 Å². The van der Waals surface area contributed by atoms with Gasteiger partial charge in [0, 0.05) is 12.0 Å². The number of halogens is 2. The van der Waals surface area contributed by atoms with Crippen LogP contribution in [0.5, 0.6) is 0 Å². The third kappa shape index (κ3) is 3.02. The summed E-state index contributed by atoms with van der Waals surface area (Å²) in [5.41, 5.74) is 1.57. The van der Waals surface area contributed by atoms with Gasteiger partial charge in [0.25, 0.3) is 6.43 Å². The Balaban J connectivity index is 2.99. The molecular formula is C12H13F2N. The average Bonchev–Trinajstić information content (AvgIpc) is 2.26. The number of hydrogen-bond donors (Lipinski definition) is 0. The van der Waals surface area contributed by atoms with Crippen LogP contribution in [0.4, 0.5) is 8.78 Å². The van der Waals surface area contributed by atoms with Gasteiger partial charge in [-0.3, -0.25) is 0 Å². The lowest BCUT2D eigenvalue weighted by Crippen LogP contribution is -1.96. The van der Waals surface area contributed by atoms with Crippen LogP contribution in [-0.4, -0.2) is 0 Å². The average molecular weight is 209 g/mol. The summed E-state index contributed by atoms with van der Waals surface area (Å²) in [4.78, 5) is 0. The Labute approximate surface area is 88.3 Å². The van der Waals surface area contributed by atoms with Gasteiger partial charge >= 0.3 is 0 Å². The van der Waals surface area contributed by atoms with Crippen molar-refractivity contribution in [2.45, 2.75) is 32.6 Å². The standard InChI is InChI=1S/C12H13F2N/c1-2-9-5-6-10(4-3-7-15)11(8-9)12(13)14/h5-6,8,12H,2-4H2,1H3. The van der Waals surface area contributed by atoms with Crippen LogP contribution in [0, 0.1) is 11.3 Å². The maximum absolute atomic E-state index is 12.7. The summed E-state index contributed by atoms with van der Waals surface area (Å²) in [6.45, 7) is 1.93. The van der Waals surface area contributed by atoms with Gasteiger partial charge in [-0.15, -0.1) is 0 Å². The van der Waals surface area contributed by atoms with E-state index >= 15 is 0 Å². The predicted molar refractivity (Wildman–Crippen MR) is 54.7 cm³/mol. The smallest absolute Gasteiger partial charge is 0.205 e. The third-order valence-electron chi connectivity index (χ3n) is 2.36. The zero-order chi connectivity index (χ0) is 11.3. The molecule has 0 spiro atoms. The summed E-state index contributed by atoms with van der Waals surface area (Å²) in [5, 5.41) is 8.42. The molecule has 80 valence electrons. The van der Waals surface area contributed by atoms with Crippen LogP contribution in [0.2, 0.25) is 0 Å². The lowest BCUT2D eigenvalue weighted by molar-refractivity contribution is 0.150. The van der Waals surface area contributed by atoms with Crippen molar-refractivity contribution in [3.8, 4) is 6.07 Å². The molecule has 0 aliphatic rings. The molecule has 0 aliphatic carbocycles. The van der Waals surface area contributed by atoms with Crippen molar-refractivity contribution >= 4 is 0 Å². The van der Waals surface area contributed by atoms with E-state index in [0.717, 1.165) is 12.0 Å². The topological polar surface area (TPSA) is 23.8 Å². The highest BCUT2D eigenvalue weighted by atomic mass is 19.3. The molecule has 1 aromatic rings. The Morgan fingerprint density at radius 2 is 2.13 bits per heavy atom. The van der Waals surface area contributed by atoms with E-state index in [0.29, 0.717) is 12.0 Å². The number of rotatable bonds is 4. The van der Waals surface area contributed by atoms with Crippen LogP contribution in [0.1, 0.15) is 36.5 Å². The third-order valence-corrected chi connectivity index (χ3v) is 2.36. The number of nitrogens with zero attached hydrogens (tertiary/aromatic N) is 1. The van der Waals surface area contributed by atoms with Crippen LogP contribution in [0.25, 0.3) is 0 Å². The molecule has 3 heteroatoms. The second-order valence-electron chi connectivity index (χ2n) is 3.35. The molecule has 0 saturated carbocycles. The van der Waals surface area contributed by atoms with Crippen LogP contribution < -0.4 is 0 Å². The normalized spacial score (nSPS) is 10.3. The second-order valence-corrected chi connectivity index (χ2v) is 3.35. The number of benzene rings is 1. The van der Waals surface area contributed by atoms with Crippen molar-refractivity contribution < 1.29 is 8.78 Å². The van der Waals surface area contributed by atoms with Crippen LogP contribution in [0.3, 0.4) is 0 Å². The van der Waals surface area contributed by atoms with E-state index < -0.39 is 6.43 Å². The Morgan fingerprint density at radius 3 is 2.67 bits per heavy atom. The van der Waals surface area contributed by atoms with E-state index in [-0.39, 0.29) is 12.0 Å². The summed E-state index contributed by atoms with van der Waals surface area (Å²) in [6, 6.07) is 7.06. The molecule has 15 heavy (non-hydrogen) atoms. The van der Waals surface area contributed by atoms with Crippen molar-refractivity contribution in [3.63, 3.8) is 0 Å². The predicted octanol–water partition coefficient (Wildman–Crippen LogP) is 3.64. The molecule has 0 bridgehead atoms. The molecule has 0 aliphatic heterocycles. The quantitative estimate of drug-likeness (QED) is 0.742. The molecule has 0 fully saturated rings. The molecule has 0 amide bonds. The Bertz CT molecular complexity index is 366. The van der Waals surface area contributed by atoms with E-state index in [1.165, 1.54) is 6.07 Å². The monoisotopic (exact) mass is 209 g/mol. The van der Waals surface area contributed by atoms with Gasteiger partial charge in [0.1, 0.15) is 0 Å². The zero-order valence-electron chi connectivity index (χ0n) is 8.63. The van der Waals surface area contributed by atoms with E-state index in [4.69, 9.17) is 5.26 Å². The molecule has 0 heterocycles. The van der Waals surface area contributed by atoms with Gasteiger partial charge in [0.05, 0.1) is 6.07 Å². The van der Waals surface area contributed by atoms with E-state index in [9.17, 15) is 8.78 Å². The largest absolute Gasteiger partial charge is 0.264 e. The van der Waals surface area contributed by atoms with Crippen LogP contribution in [0.15, 0.2) is 18.2 Å². The molecule has 1 nitrogen and oxygen atoms in total. The summed E-state index contributed by atoms with van der Waals surface area (Å²) in [7, 11) is 0. The van der Waals surface area contributed by atoms with Crippen molar-refractivity contribution in [3.05, 3.63) is 34.9 Å². The molecule has 0 radical (unpaired) electrons. The van der Waals surface area contributed by atoms with Crippen molar-refractivity contribution in [1.29, 1.82) is 5.26 Å². The Morgan fingerprint density at radius 1 is 1.40 bits per heavy atom.